The van der Waals surface area contributed by atoms with Gasteiger partial charge in [0.05, 0.1) is 5.69 Å². The molecule has 1 nitrogen and oxygen atoms in total. The molecule has 0 spiro atoms. The molecule has 0 aliphatic carbocycles. The Morgan fingerprint density at radius 1 is 1.38 bits per heavy atom. The van der Waals surface area contributed by atoms with Gasteiger partial charge in [0, 0.05) is 4.47 Å². The number of allylic oxidation sites excluding steroid dienone is 2. The summed E-state index contributed by atoms with van der Waals surface area (Å²) < 4.78 is 1.04. The molecule has 1 aromatic rings. The maximum absolute atomic E-state index is 5.81. The molecule has 0 fully saturated rings. The van der Waals surface area contributed by atoms with Gasteiger partial charge in [-0.05, 0) is 37.3 Å². The van der Waals surface area contributed by atoms with Crippen molar-refractivity contribution in [3.05, 3.63) is 40.9 Å². The number of halogens is 2. The first kappa shape index (κ1) is 10.5. The molecule has 0 saturated heterocycles. The highest BCUT2D eigenvalue weighted by molar-refractivity contribution is 9.10. The van der Waals surface area contributed by atoms with Gasteiger partial charge in [0.1, 0.15) is 5.17 Å². The summed E-state index contributed by atoms with van der Waals surface area (Å²) >= 11 is 9.15. The second-order valence-corrected chi connectivity index (χ2v) is 3.71. The molecule has 0 bridgehead atoms. The number of hydrogen-bond donors (Lipinski definition) is 0. The Balaban J connectivity index is 2.85. The van der Waals surface area contributed by atoms with E-state index >= 15 is 0 Å². The van der Waals surface area contributed by atoms with Crippen molar-refractivity contribution in [1.82, 2.24) is 0 Å². The smallest absolute Gasteiger partial charge is 0.129 e. The average molecular weight is 259 g/mol. The molecule has 0 saturated carbocycles. The van der Waals surface area contributed by atoms with E-state index in [1.54, 1.807) is 6.08 Å². The van der Waals surface area contributed by atoms with Crippen molar-refractivity contribution in [3.8, 4) is 0 Å². The normalized spacial score (nSPS) is 12.4. The van der Waals surface area contributed by atoms with Gasteiger partial charge in [-0.15, -0.1) is 0 Å². The summed E-state index contributed by atoms with van der Waals surface area (Å²) in [6.07, 6.45) is 3.61. The first-order valence-corrected chi connectivity index (χ1v) is 5.02. The van der Waals surface area contributed by atoms with Crippen molar-refractivity contribution in [3.63, 3.8) is 0 Å². The van der Waals surface area contributed by atoms with Crippen LogP contribution in [0.1, 0.15) is 6.92 Å². The standard InChI is InChI=1S/C10H9BrClN/c1-2-3-10(12)13-9-6-4-8(11)5-7-9/h2-7H,1H3/b3-2-,13-10?. The van der Waals surface area contributed by atoms with Crippen LogP contribution in [-0.2, 0) is 0 Å². The van der Waals surface area contributed by atoms with Crippen LogP contribution in [0.25, 0.3) is 0 Å². The summed E-state index contributed by atoms with van der Waals surface area (Å²) in [6.45, 7) is 1.90. The van der Waals surface area contributed by atoms with Crippen LogP contribution >= 0.6 is 27.5 Å². The van der Waals surface area contributed by atoms with E-state index in [4.69, 9.17) is 11.6 Å². The van der Waals surface area contributed by atoms with E-state index in [1.807, 2.05) is 37.3 Å². The van der Waals surface area contributed by atoms with E-state index in [9.17, 15) is 0 Å². The zero-order valence-corrected chi connectivity index (χ0v) is 9.51. The van der Waals surface area contributed by atoms with E-state index in [0.29, 0.717) is 5.17 Å². The minimum Gasteiger partial charge on any atom is -0.237 e. The molecule has 1 aromatic carbocycles. The first-order chi connectivity index (χ1) is 6.22. The molecule has 1 rings (SSSR count). The molecule has 0 unspecified atom stereocenters. The van der Waals surface area contributed by atoms with Gasteiger partial charge < -0.3 is 0 Å². The summed E-state index contributed by atoms with van der Waals surface area (Å²) in [5.41, 5.74) is 0.853. The molecule has 0 amide bonds. The van der Waals surface area contributed by atoms with Crippen molar-refractivity contribution in [2.75, 3.05) is 0 Å². The second-order valence-electron chi connectivity index (χ2n) is 2.41. The molecule has 3 heteroatoms. The summed E-state index contributed by atoms with van der Waals surface area (Å²) in [6, 6.07) is 7.66. The van der Waals surface area contributed by atoms with Crippen LogP contribution in [0.4, 0.5) is 5.69 Å². The molecule has 0 radical (unpaired) electrons. The van der Waals surface area contributed by atoms with Crippen molar-refractivity contribution in [2.24, 2.45) is 4.99 Å². The lowest BCUT2D eigenvalue weighted by Crippen LogP contribution is -1.77. The van der Waals surface area contributed by atoms with Crippen LogP contribution in [0.2, 0.25) is 0 Å². The van der Waals surface area contributed by atoms with E-state index in [1.165, 1.54) is 0 Å². The van der Waals surface area contributed by atoms with E-state index < -0.39 is 0 Å². The van der Waals surface area contributed by atoms with Gasteiger partial charge in [-0.25, -0.2) is 4.99 Å². The quantitative estimate of drug-likeness (QED) is 0.702. The zero-order chi connectivity index (χ0) is 9.68. The topological polar surface area (TPSA) is 12.4 Å². The molecule has 0 atom stereocenters. The van der Waals surface area contributed by atoms with Crippen LogP contribution < -0.4 is 0 Å². The Bertz CT molecular complexity index is 327. The van der Waals surface area contributed by atoms with Crippen LogP contribution in [0, 0.1) is 0 Å². The Morgan fingerprint density at radius 2 is 2.00 bits per heavy atom. The Kier molecular flexibility index (Phi) is 4.19. The molecule has 0 aromatic heterocycles. The highest BCUT2D eigenvalue weighted by Gasteiger charge is 1.90. The molecule has 0 aliphatic rings. The SMILES string of the molecule is C/C=C\C(Cl)=Nc1ccc(Br)cc1. The van der Waals surface area contributed by atoms with Crippen LogP contribution in [0.15, 0.2) is 45.9 Å². The lowest BCUT2D eigenvalue weighted by atomic mass is 10.3. The Hall–Kier alpha value is -0.600. The minimum atomic E-state index is 0.491. The predicted molar refractivity (Wildman–Crippen MR) is 61.9 cm³/mol. The predicted octanol–water partition coefficient (Wildman–Crippen LogP) is 4.29. The maximum atomic E-state index is 5.81. The molecular weight excluding hydrogens is 249 g/mol. The van der Waals surface area contributed by atoms with Gasteiger partial charge in [0.2, 0.25) is 0 Å². The largest absolute Gasteiger partial charge is 0.237 e. The first-order valence-electron chi connectivity index (χ1n) is 3.85. The van der Waals surface area contributed by atoms with Crippen LogP contribution in [0.5, 0.6) is 0 Å². The van der Waals surface area contributed by atoms with Crippen molar-refractivity contribution in [1.29, 1.82) is 0 Å². The molecule has 68 valence electrons. The fraction of sp³-hybridized carbons (Fsp3) is 0.100. The lowest BCUT2D eigenvalue weighted by Gasteiger charge is -1.93. The average Bonchev–Trinajstić information content (AvgIpc) is 2.09. The van der Waals surface area contributed by atoms with Gasteiger partial charge in [0.15, 0.2) is 0 Å². The number of rotatable bonds is 2. The fourth-order valence-electron chi connectivity index (χ4n) is 0.814. The van der Waals surface area contributed by atoms with Gasteiger partial charge in [-0.1, -0.05) is 33.6 Å². The van der Waals surface area contributed by atoms with Crippen LogP contribution in [0.3, 0.4) is 0 Å². The number of hydrogen-bond acceptors (Lipinski definition) is 1. The highest BCUT2D eigenvalue weighted by Crippen LogP contribution is 2.17. The van der Waals surface area contributed by atoms with Gasteiger partial charge in [0.25, 0.3) is 0 Å². The highest BCUT2D eigenvalue weighted by atomic mass is 79.9. The minimum absolute atomic E-state index is 0.491. The summed E-state index contributed by atoms with van der Waals surface area (Å²) in [7, 11) is 0. The van der Waals surface area contributed by atoms with E-state index in [0.717, 1.165) is 10.2 Å². The maximum Gasteiger partial charge on any atom is 0.129 e. The fourth-order valence-corrected chi connectivity index (χ4v) is 1.30. The molecule has 0 N–H and O–H groups in total. The molecule has 13 heavy (non-hydrogen) atoms. The summed E-state index contributed by atoms with van der Waals surface area (Å²) in [5.74, 6) is 0. The van der Waals surface area contributed by atoms with Crippen molar-refractivity contribution in [2.45, 2.75) is 6.92 Å². The molecular formula is C10H9BrClN. The number of aliphatic imine (C=N–C) groups is 1. The van der Waals surface area contributed by atoms with Crippen molar-refractivity contribution < 1.29 is 0 Å². The number of benzene rings is 1. The third-order valence-corrected chi connectivity index (χ3v) is 2.11. The Labute approximate surface area is 91.3 Å². The third kappa shape index (κ3) is 3.75. The van der Waals surface area contributed by atoms with Crippen LogP contribution in [-0.4, -0.2) is 5.17 Å². The number of nitrogens with zero attached hydrogens (tertiary/aromatic N) is 1. The van der Waals surface area contributed by atoms with Crippen molar-refractivity contribution >= 4 is 38.4 Å². The summed E-state index contributed by atoms with van der Waals surface area (Å²) in [4.78, 5) is 4.16. The molecule has 0 heterocycles. The Morgan fingerprint density at radius 3 is 2.54 bits per heavy atom. The third-order valence-electron chi connectivity index (χ3n) is 1.37. The van der Waals surface area contributed by atoms with Gasteiger partial charge >= 0.3 is 0 Å². The lowest BCUT2D eigenvalue weighted by molar-refractivity contribution is 1.52. The monoisotopic (exact) mass is 257 g/mol. The van der Waals surface area contributed by atoms with E-state index in [-0.39, 0.29) is 0 Å². The van der Waals surface area contributed by atoms with E-state index in [2.05, 4.69) is 20.9 Å². The zero-order valence-electron chi connectivity index (χ0n) is 7.17. The molecule has 0 aliphatic heterocycles. The van der Waals surface area contributed by atoms with Gasteiger partial charge in [-0.3, -0.25) is 0 Å². The summed E-state index contributed by atoms with van der Waals surface area (Å²) in [5, 5.41) is 0.491. The second kappa shape index (κ2) is 5.20. The van der Waals surface area contributed by atoms with Gasteiger partial charge in [-0.2, -0.15) is 0 Å².